The first kappa shape index (κ1) is 21.8. The zero-order chi connectivity index (χ0) is 24.7. The van der Waals surface area contributed by atoms with Crippen molar-refractivity contribution in [3.8, 4) is 35.8 Å². The number of carbonyl (C=O) groups is 2. The second-order valence-corrected chi connectivity index (χ2v) is 8.32. The highest BCUT2D eigenvalue weighted by molar-refractivity contribution is 5.95. The van der Waals surface area contributed by atoms with E-state index in [0.29, 0.717) is 11.1 Å². The Labute approximate surface area is 202 Å². The summed E-state index contributed by atoms with van der Waals surface area (Å²) in [5.41, 5.74) is 5.51. The van der Waals surface area contributed by atoms with Crippen molar-refractivity contribution in [2.45, 2.75) is 5.41 Å². The van der Waals surface area contributed by atoms with Crippen LogP contribution in [0.15, 0.2) is 84.9 Å². The number of fused-ring (bicyclic) bond motifs is 3. The third-order valence-corrected chi connectivity index (χ3v) is 6.60. The Morgan fingerprint density at radius 1 is 0.600 bits per heavy atom. The number of carboxylic acid groups (broad SMARTS) is 2. The summed E-state index contributed by atoms with van der Waals surface area (Å²) in [7, 11) is 0. The van der Waals surface area contributed by atoms with Crippen molar-refractivity contribution in [1.82, 2.24) is 0 Å². The van der Waals surface area contributed by atoms with E-state index in [-0.39, 0.29) is 11.1 Å². The molecule has 4 aromatic carbocycles. The van der Waals surface area contributed by atoms with Gasteiger partial charge in [-0.1, -0.05) is 48.2 Å². The Kier molecular flexibility index (Phi) is 5.01. The topological polar surface area (TPSA) is 74.6 Å². The monoisotopic (exact) mass is 454 g/mol. The Bertz CT molecular complexity index is 1470. The SMILES string of the molecule is C#Cc1ccc(C2(c3ccc(C#C)cc3)c3cc(C(=O)O)ccc3-c3ccc(C(=O)O)cc32)cc1. The summed E-state index contributed by atoms with van der Waals surface area (Å²) < 4.78 is 0. The Morgan fingerprint density at radius 3 is 1.29 bits per heavy atom. The van der Waals surface area contributed by atoms with E-state index in [9.17, 15) is 19.8 Å². The van der Waals surface area contributed by atoms with E-state index >= 15 is 0 Å². The van der Waals surface area contributed by atoms with Gasteiger partial charge in [0, 0.05) is 11.1 Å². The van der Waals surface area contributed by atoms with E-state index in [1.807, 2.05) is 48.5 Å². The van der Waals surface area contributed by atoms with Gasteiger partial charge in [-0.15, -0.1) is 12.8 Å². The lowest BCUT2D eigenvalue weighted by Crippen LogP contribution is -2.29. The number of hydrogen-bond donors (Lipinski definition) is 2. The minimum absolute atomic E-state index is 0.139. The molecule has 0 aliphatic heterocycles. The molecule has 1 aliphatic rings. The van der Waals surface area contributed by atoms with Crippen LogP contribution in [-0.2, 0) is 5.41 Å². The lowest BCUT2D eigenvalue weighted by molar-refractivity contribution is 0.0686. The van der Waals surface area contributed by atoms with Crippen LogP contribution < -0.4 is 0 Å². The Hall–Kier alpha value is -5.06. The van der Waals surface area contributed by atoms with Crippen LogP contribution in [0.1, 0.15) is 54.1 Å². The average Bonchev–Trinajstić information content (AvgIpc) is 3.18. The number of hydrogen-bond acceptors (Lipinski definition) is 2. The first-order valence-corrected chi connectivity index (χ1v) is 10.8. The number of carboxylic acids is 2. The fraction of sp³-hybridized carbons (Fsp3) is 0.0323. The molecule has 0 heterocycles. The summed E-state index contributed by atoms with van der Waals surface area (Å²) in [6.45, 7) is 0. The van der Waals surface area contributed by atoms with E-state index in [0.717, 1.165) is 33.4 Å². The Balaban J connectivity index is 1.96. The summed E-state index contributed by atoms with van der Waals surface area (Å²) >= 11 is 0. The van der Waals surface area contributed by atoms with Crippen LogP contribution in [0.2, 0.25) is 0 Å². The van der Waals surface area contributed by atoms with Crippen molar-refractivity contribution < 1.29 is 19.8 Å². The van der Waals surface area contributed by atoms with Crippen molar-refractivity contribution in [3.63, 3.8) is 0 Å². The van der Waals surface area contributed by atoms with Gasteiger partial charge in [0.1, 0.15) is 0 Å². The van der Waals surface area contributed by atoms with Gasteiger partial charge in [0.05, 0.1) is 16.5 Å². The molecule has 4 heteroatoms. The third-order valence-electron chi connectivity index (χ3n) is 6.60. The molecule has 5 rings (SSSR count). The van der Waals surface area contributed by atoms with Crippen molar-refractivity contribution in [2.75, 3.05) is 0 Å². The van der Waals surface area contributed by atoms with Gasteiger partial charge in [-0.3, -0.25) is 0 Å². The van der Waals surface area contributed by atoms with Crippen molar-refractivity contribution in [1.29, 1.82) is 0 Å². The second-order valence-electron chi connectivity index (χ2n) is 8.32. The van der Waals surface area contributed by atoms with Crippen molar-refractivity contribution >= 4 is 11.9 Å². The summed E-state index contributed by atoms with van der Waals surface area (Å²) in [6, 6.07) is 25.0. The predicted molar refractivity (Wildman–Crippen MR) is 134 cm³/mol. The zero-order valence-corrected chi connectivity index (χ0v) is 18.4. The lowest BCUT2D eigenvalue weighted by Gasteiger charge is -2.34. The van der Waals surface area contributed by atoms with E-state index < -0.39 is 17.4 Å². The number of benzene rings is 4. The molecule has 0 fully saturated rings. The molecule has 166 valence electrons. The van der Waals surface area contributed by atoms with E-state index in [1.165, 1.54) is 0 Å². The molecule has 0 radical (unpaired) electrons. The van der Waals surface area contributed by atoms with E-state index in [2.05, 4.69) is 11.8 Å². The van der Waals surface area contributed by atoms with Crippen LogP contribution in [0.5, 0.6) is 0 Å². The summed E-state index contributed by atoms with van der Waals surface area (Å²) in [5, 5.41) is 19.6. The van der Waals surface area contributed by atoms with Gasteiger partial charge >= 0.3 is 11.9 Å². The molecule has 35 heavy (non-hydrogen) atoms. The molecule has 0 atom stereocenters. The summed E-state index contributed by atoms with van der Waals surface area (Å²) in [5.74, 6) is 3.15. The van der Waals surface area contributed by atoms with E-state index in [1.54, 1.807) is 36.4 Å². The maximum atomic E-state index is 11.9. The third kappa shape index (κ3) is 3.21. The summed E-state index contributed by atoms with van der Waals surface area (Å²) in [6.07, 6.45) is 11.2. The molecular weight excluding hydrogens is 436 g/mol. The quantitative estimate of drug-likeness (QED) is 0.356. The van der Waals surface area contributed by atoms with Gasteiger partial charge < -0.3 is 10.2 Å². The number of aromatic carboxylic acids is 2. The van der Waals surface area contributed by atoms with Crippen LogP contribution in [0.4, 0.5) is 0 Å². The molecule has 4 aromatic rings. The van der Waals surface area contributed by atoms with Crippen LogP contribution in [-0.4, -0.2) is 22.2 Å². The molecule has 1 aliphatic carbocycles. The normalized spacial score (nSPS) is 12.6. The van der Waals surface area contributed by atoms with Gasteiger partial charge in [0.15, 0.2) is 0 Å². The average molecular weight is 454 g/mol. The molecule has 0 bridgehead atoms. The maximum Gasteiger partial charge on any atom is 0.335 e. The largest absolute Gasteiger partial charge is 0.478 e. The van der Waals surface area contributed by atoms with Crippen LogP contribution in [0.25, 0.3) is 11.1 Å². The van der Waals surface area contributed by atoms with Crippen molar-refractivity contribution in [3.05, 3.63) is 129 Å². The first-order chi connectivity index (χ1) is 16.9. The smallest absolute Gasteiger partial charge is 0.335 e. The van der Waals surface area contributed by atoms with E-state index in [4.69, 9.17) is 12.8 Å². The molecule has 0 amide bonds. The first-order valence-electron chi connectivity index (χ1n) is 10.8. The molecule has 0 aromatic heterocycles. The molecule has 4 nitrogen and oxygen atoms in total. The lowest BCUT2D eigenvalue weighted by atomic mass is 9.67. The molecular formula is C31H18O4. The van der Waals surface area contributed by atoms with Crippen LogP contribution >= 0.6 is 0 Å². The minimum atomic E-state index is -1.05. The number of rotatable bonds is 4. The fourth-order valence-corrected chi connectivity index (χ4v) is 5.01. The zero-order valence-electron chi connectivity index (χ0n) is 18.4. The molecule has 0 saturated carbocycles. The molecule has 0 spiro atoms. The van der Waals surface area contributed by atoms with Gasteiger partial charge in [-0.2, -0.15) is 0 Å². The van der Waals surface area contributed by atoms with Gasteiger partial charge in [0.2, 0.25) is 0 Å². The highest BCUT2D eigenvalue weighted by Gasteiger charge is 2.46. The highest BCUT2D eigenvalue weighted by Crippen LogP contribution is 2.56. The van der Waals surface area contributed by atoms with Crippen LogP contribution in [0, 0.1) is 24.7 Å². The number of terminal acetylenes is 2. The fourth-order valence-electron chi connectivity index (χ4n) is 5.01. The predicted octanol–water partition coefficient (Wildman–Crippen LogP) is 5.41. The molecule has 2 N–H and O–H groups in total. The summed E-state index contributed by atoms with van der Waals surface area (Å²) in [4.78, 5) is 23.9. The Morgan fingerprint density at radius 2 is 0.971 bits per heavy atom. The van der Waals surface area contributed by atoms with Gasteiger partial charge in [-0.25, -0.2) is 9.59 Å². The van der Waals surface area contributed by atoms with Gasteiger partial charge in [-0.05, 0) is 81.9 Å². The second kappa shape index (κ2) is 8.06. The van der Waals surface area contributed by atoms with Gasteiger partial charge in [0.25, 0.3) is 0 Å². The molecule has 0 unspecified atom stereocenters. The van der Waals surface area contributed by atoms with Crippen molar-refractivity contribution in [2.24, 2.45) is 0 Å². The molecule has 0 saturated heterocycles. The van der Waals surface area contributed by atoms with Crippen LogP contribution in [0.3, 0.4) is 0 Å². The maximum absolute atomic E-state index is 11.9. The minimum Gasteiger partial charge on any atom is -0.478 e. The highest BCUT2D eigenvalue weighted by atomic mass is 16.4. The standard InChI is InChI=1S/C31H18O4/c1-3-19-5-11-23(12-6-19)31(24-13-7-20(4-2)8-14-24)27-17-21(29(32)33)9-15-25(27)26-16-10-22(30(34)35)18-28(26)31/h1-2,5-18H,(H,32,33)(H,34,35).